The van der Waals surface area contributed by atoms with Crippen LogP contribution in [0.4, 0.5) is 5.13 Å². The lowest BCUT2D eigenvalue weighted by Gasteiger charge is -2.31. The van der Waals surface area contributed by atoms with E-state index in [1.165, 1.54) is 23.4 Å². The highest BCUT2D eigenvalue weighted by molar-refractivity contribution is 7.15. The van der Waals surface area contributed by atoms with Crippen molar-refractivity contribution in [3.8, 4) is 0 Å². The molecule has 1 amide bonds. The maximum Gasteiger partial charge on any atom is 0.241 e. The van der Waals surface area contributed by atoms with Crippen LogP contribution in [0.1, 0.15) is 42.8 Å². The number of hydrogen-bond acceptors (Lipinski definition) is 5. The minimum atomic E-state index is 0.190. The van der Waals surface area contributed by atoms with E-state index in [1.807, 2.05) is 7.05 Å². The SMILES string of the molecule is CCCNC1CCCc2nc(N3CCN(C)C(=O)C3)sc21. The van der Waals surface area contributed by atoms with Crippen molar-refractivity contribution in [1.82, 2.24) is 15.2 Å². The van der Waals surface area contributed by atoms with Crippen molar-refractivity contribution >= 4 is 22.4 Å². The van der Waals surface area contributed by atoms with Crippen molar-refractivity contribution < 1.29 is 4.79 Å². The van der Waals surface area contributed by atoms with Gasteiger partial charge >= 0.3 is 0 Å². The predicted octanol–water partition coefficient (Wildman–Crippen LogP) is 1.80. The maximum absolute atomic E-state index is 11.9. The number of hydrogen-bond donors (Lipinski definition) is 1. The predicted molar refractivity (Wildman–Crippen MR) is 85.9 cm³/mol. The van der Waals surface area contributed by atoms with Gasteiger partial charge in [-0.15, -0.1) is 0 Å². The van der Waals surface area contributed by atoms with Gasteiger partial charge in [0, 0.05) is 31.1 Å². The number of aromatic nitrogens is 1. The number of likely N-dealkylation sites (N-methyl/N-ethyl adjacent to an activating group) is 1. The molecule has 5 nitrogen and oxygen atoms in total. The lowest BCUT2D eigenvalue weighted by Crippen LogP contribution is -2.48. The summed E-state index contributed by atoms with van der Waals surface area (Å²) in [4.78, 5) is 22.0. The van der Waals surface area contributed by atoms with E-state index in [1.54, 1.807) is 16.2 Å². The average Bonchev–Trinajstić information content (AvgIpc) is 2.92. The number of piperazine rings is 1. The molecule has 1 saturated heterocycles. The largest absolute Gasteiger partial charge is 0.342 e. The Labute approximate surface area is 130 Å². The Morgan fingerprint density at radius 2 is 2.29 bits per heavy atom. The summed E-state index contributed by atoms with van der Waals surface area (Å²) in [5.74, 6) is 0.190. The highest BCUT2D eigenvalue weighted by Gasteiger charge is 2.28. The summed E-state index contributed by atoms with van der Waals surface area (Å²) in [5.41, 5.74) is 1.25. The third kappa shape index (κ3) is 3.06. The molecule has 2 aliphatic rings. The van der Waals surface area contributed by atoms with Gasteiger partial charge in [0.25, 0.3) is 0 Å². The molecule has 0 radical (unpaired) electrons. The molecule has 6 heteroatoms. The molecule has 3 rings (SSSR count). The Bertz CT molecular complexity index is 516. The molecule has 1 unspecified atom stereocenters. The smallest absolute Gasteiger partial charge is 0.241 e. The monoisotopic (exact) mass is 308 g/mol. The van der Waals surface area contributed by atoms with Crippen LogP contribution in [0, 0.1) is 0 Å². The molecule has 1 aromatic heterocycles. The Balaban J connectivity index is 1.76. The van der Waals surface area contributed by atoms with E-state index in [4.69, 9.17) is 4.98 Å². The molecule has 1 N–H and O–H groups in total. The van der Waals surface area contributed by atoms with Gasteiger partial charge in [-0.3, -0.25) is 4.79 Å². The molecule has 1 aromatic rings. The maximum atomic E-state index is 11.9. The van der Waals surface area contributed by atoms with Crippen molar-refractivity contribution in [1.29, 1.82) is 0 Å². The summed E-state index contributed by atoms with van der Waals surface area (Å²) < 4.78 is 0. The molecule has 1 aliphatic carbocycles. The molecular weight excluding hydrogens is 284 g/mol. The van der Waals surface area contributed by atoms with Crippen LogP contribution in [0.5, 0.6) is 0 Å². The summed E-state index contributed by atoms with van der Waals surface area (Å²) in [7, 11) is 1.87. The van der Waals surface area contributed by atoms with E-state index in [-0.39, 0.29) is 5.91 Å². The Morgan fingerprint density at radius 3 is 3.05 bits per heavy atom. The number of amides is 1. The third-order valence-corrected chi connectivity index (χ3v) is 5.58. The Morgan fingerprint density at radius 1 is 1.43 bits per heavy atom. The molecule has 0 bridgehead atoms. The number of fused-ring (bicyclic) bond motifs is 1. The lowest BCUT2D eigenvalue weighted by molar-refractivity contribution is -0.129. The summed E-state index contributed by atoms with van der Waals surface area (Å²) >= 11 is 1.79. The van der Waals surface area contributed by atoms with Gasteiger partial charge in [-0.1, -0.05) is 18.3 Å². The topological polar surface area (TPSA) is 48.5 Å². The van der Waals surface area contributed by atoms with Gasteiger partial charge in [-0.05, 0) is 32.2 Å². The number of carbonyl (C=O) groups excluding carboxylic acids is 1. The second kappa shape index (κ2) is 6.32. The van der Waals surface area contributed by atoms with E-state index in [0.717, 1.165) is 37.6 Å². The lowest BCUT2D eigenvalue weighted by atomic mass is 9.98. The van der Waals surface area contributed by atoms with Gasteiger partial charge in [0.1, 0.15) is 0 Å². The van der Waals surface area contributed by atoms with Crippen LogP contribution in [0.15, 0.2) is 0 Å². The van der Waals surface area contributed by atoms with Crippen LogP contribution in [0.3, 0.4) is 0 Å². The van der Waals surface area contributed by atoms with Gasteiger partial charge in [0.2, 0.25) is 5.91 Å². The number of aryl methyl sites for hydroxylation is 1. The highest BCUT2D eigenvalue weighted by atomic mass is 32.1. The van der Waals surface area contributed by atoms with Crippen LogP contribution in [-0.2, 0) is 11.2 Å². The second-order valence-corrected chi connectivity index (χ2v) is 6.95. The molecule has 2 heterocycles. The minimum Gasteiger partial charge on any atom is -0.342 e. The van der Waals surface area contributed by atoms with Crippen LogP contribution in [-0.4, -0.2) is 49.0 Å². The minimum absolute atomic E-state index is 0.190. The molecule has 116 valence electrons. The summed E-state index contributed by atoms with van der Waals surface area (Å²) in [6.45, 7) is 5.41. The molecule has 0 saturated carbocycles. The molecular formula is C15H24N4OS. The molecule has 21 heavy (non-hydrogen) atoms. The van der Waals surface area contributed by atoms with Crippen LogP contribution >= 0.6 is 11.3 Å². The van der Waals surface area contributed by atoms with Gasteiger partial charge in [-0.25, -0.2) is 4.98 Å². The first-order chi connectivity index (χ1) is 10.2. The third-order valence-electron chi connectivity index (χ3n) is 4.31. The average molecular weight is 308 g/mol. The Hall–Kier alpha value is -1.14. The van der Waals surface area contributed by atoms with Crippen molar-refractivity contribution in [3.63, 3.8) is 0 Å². The van der Waals surface area contributed by atoms with Gasteiger partial charge in [0.15, 0.2) is 5.13 Å². The molecule has 1 fully saturated rings. The summed E-state index contributed by atoms with van der Waals surface area (Å²) in [6.07, 6.45) is 4.65. The quantitative estimate of drug-likeness (QED) is 0.921. The van der Waals surface area contributed by atoms with E-state index in [0.29, 0.717) is 12.6 Å². The van der Waals surface area contributed by atoms with Crippen molar-refractivity contribution in [2.75, 3.05) is 38.1 Å². The summed E-state index contributed by atoms with van der Waals surface area (Å²) in [5, 5.41) is 4.67. The Kier molecular flexibility index (Phi) is 4.45. The fourth-order valence-corrected chi connectivity index (χ4v) is 4.22. The zero-order valence-electron chi connectivity index (χ0n) is 12.9. The fraction of sp³-hybridized carbons (Fsp3) is 0.733. The molecule has 1 atom stereocenters. The molecule has 0 aromatic carbocycles. The van der Waals surface area contributed by atoms with Gasteiger partial charge < -0.3 is 15.1 Å². The number of carbonyl (C=O) groups is 1. The molecule has 0 spiro atoms. The van der Waals surface area contributed by atoms with Crippen LogP contribution in [0.2, 0.25) is 0 Å². The van der Waals surface area contributed by atoms with Crippen LogP contribution < -0.4 is 10.2 Å². The fourth-order valence-electron chi connectivity index (χ4n) is 2.98. The first kappa shape index (κ1) is 14.8. The number of nitrogens with zero attached hydrogens (tertiary/aromatic N) is 3. The van der Waals surface area contributed by atoms with E-state index < -0.39 is 0 Å². The normalized spacial score (nSPS) is 22.6. The first-order valence-corrected chi connectivity index (χ1v) is 8.72. The van der Waals surface area contributed by atoms with Crippen molar-refractivity contribution in [2.45, 2.75) is 38.6 Å². The zero-order chi connectivity index (χ0) is 14.8. The highest BCUT2D eigenvalue weighted by Crippen LogP contribution is 2.37. The molecule has 1 aliphatic heterocycles. The van der Waals surface area contributed by atoms with Crippen LogP contribution in [0.25, 0.3) is 0 Å². The van der Waals surface area contributed by atoms with E-state index in [9.17, 15) is 4.79 Å². The summed E-state index contributed by atoms with van der Waals surface area (Å²) in [6, 6.07) is 0.461. The number of nitrogens with one attached hydrogen (secondary N) is 1. The van der Waals surface area contributed by atoms with Gasteiger partial charge in [0.05, 0.1) is 12.2 Å². The zero-order valence-corrected chi connectivity index (χ0v) is 13.7. The number of anilines is 1. The second-order valence-electron chi connectivity index (χ2n) is 5.94. The standard InChI is InChI=1S/C15H24N4OS/c1-3-7-16-11-5-4-6-12-14(11)21-15(17-12)19-9-8-18(2)13(20)10-19/h11,16H,3-10H2,1-2H3. The van der Waals surface area contributed by atoms with E-state index in [2.05, 4.69) is 17.1 Å². The van der Waals surface area contributed by atoms with Gasteiger partial charge in [-0.2, -0.15) is 0 Å². The number of rotatable bonds is 4. The number of thiazole rings is 1. The van der Waals surface area contributed by atoms with E-state index >= 15 is 0 Å². The van der Waals surface area contributed by atoms with Crippen molar-refractivity contribution in [3.05, 3.63) is 10.6 Å². The van der Waals surface area contributed by atoms with Crippen molar-refractivity contribution in [2.24, 2.45) is 0 Å². The first-order valence-electron chi connectivity index (χ1n) is 7.91.